The molecule has 2 N–H and O–H groups in total. The van der Waals surface area contributed by atoms with E-state index in [1.807, 2.05) is 6.20 Å². The normalized spacial score (nSPS) is 22.7. The van der Waals surface area contributed by atoms with Crippen LogP contribution >= 0.6 is 11.3 Å². The SMILES string of the molecule is CC(C)C1CCCN1Cc1cnc(N)s1. The van der Waals surface area contributed by atoms with Crippen molar-refractivity contribution in [3.63, 3.8) is 0 Å². The second-order valence-electron chi connectivity index (χ2n) is 4.59. The summed E-state index contributed by atoms with van der Waals surface area (Å²) >= 11 is 1.61. The average Bonchev–Trinajstić information content (AvgIpc) is 2.75. The molecule has 15 heavy (non-hydrogen) atoms. The lowest BCUT2D eigenvalue weighted by Gasteiger charge is -2.26. The lowest BCUT2D eigenvalue weighted by Crippen LogP contribution is -2.32. The molecule has 0 aromatic carbocycles. The van der Waals surface area contributed by atoms with Crippen LogP contribution in [0, 0.1) is 5.92 Å². The molecule has 3 nitrogen and oxygen atoms in total. The Morgan fingerprint density at radius 2 is 2.47 bits per heavy atom. The predicted molar refractivity (Wildman–Crippen MR) is 64.8 cm³/mol. The highest BCUT2D eigenvalue weighted by Crippen LogP contribution is 2.27. The highest BCUT2D eigenvalue weighted by Gasteiger charge is 2.27. The number of likely N-dealkylation sites (tertiary alicyclic amines) is 1. The molecule has 0 bridgehead atoms. The highest BCUT2D eigenvalue weighted by molar-refractivity contribution is 7.15. The first kappa shape index (κ1) is 10.9. The molecule has 2 rings (SSSR count). The van der Waals surface area contributed by atoms with Gasteiger partial charge in [-0.05, 0) is 25.3 Å². The van der Waals surface area contributed by atoms with Gasteiger partial charge in [-0.3, -0.25) is 4.90 Å². The van der Waals surface area contributed by atoms with Crippen LogP contribution in [0.5, 0.6) is 0 Å². The summed E-state index contributed by atoms with van der Waals surface area (Å²) in [6, 6.07) is 0.744. The summed E-state index contributed by atoms with van der Waals surface area (Å²) in [5, 5.41) is 0.685. The van der Waals surface area contributed by atoms with Crippen LogP contribution in [0.15, 0.2) is 6.20 Å². The molecule has 0 amide bonds. The lowest BCUT2D eigenvalue weighted by atomic mass is 10.0. The van der Waals surface area contributed by atoms with Crippen molar-refractivity contribution >= 4 is 16.5 Å². The van der Waals surface area contributed by atoms with Gasteiger partial charge in [0.2, 0.25) is 0 Å². The minimum Gasteiger partial charge on any atom is -0.375 e. The van der Waals surface area contributed by atoms with Crippen molar-refractivity contribution in [2.45, 2.75) is 39.3 Å². The Morgan fingerprint density at radius 3 is 3.07 bits per heavy atom. The van der Waals surface area contributed by atoms with Gasteiger partial charge in [0.05, 0.1) is 0 Å². The summed E-state index contributed by atoms with van der Waals surface area (Å²) in [5.41, 5.74) is 5.64. The molecule has 0 radical (unpaired) electrons. The third kappa shape index (κ3) is 2.49. The third-order valence-electron chi connectivity index (χ3n) is 3.11. The maximum absolute atomic E-state index is 5.64. The summed E-state index contributed by atoms with van der Waals surface area (Å²) in [6.45, 7) is 6.87. The van der Waals surface area contributed by atoms with Crippen LogP contribution in [0.2, 0.25) is 0 Å². The third-order valence-corrected chi connectivity index (χ3v) is 3.93. The van der Waals surface area contributed by atoms with Crippen LogP contribution in [0.3, 0.4) is 0 Å². The van der Waals surface area contributed by atoms with E-state index in [0.29, 0.717) is 5.13 Å². The average molecular weight is 225 g/mol. The van der Waals surface area contributed by atoms with Crippen LogP contribution in [0.1, 0.15) is 31.6 Å². The number of thiazole rings is 1. The van der Waals surface area contributed by atoms with Crippen LogP contribution in [0.4, 0.5) is 5.13 Å². The zero-order chi connectivity index (χ0) is 10.8. The number of aromatic nitrogens is 1. The maximum Gasteiger partial charge on any atom is 0.180 e. The Morgan fingerprint density at radius 1 is 1.67 bits per heavy atom. The number of nitrogens with two attached hydrogens (primary N) is 1. The fourth-order valence-corrected chi connectivity index (χ4v) is 3.11. The Bertz CT molecular complexity index is 321. The monoisotopic (exact) mass is 225 g/mol. The van der Waals surface area contributed by atoms with E-state index in [9.17, 15) is 0 Å². The smallest absolute Gasteiger partial charge is 0.180 e. The van der Waals surface area contributed by atoms with Crippen molar-refractivity contribution in [3.8, 4) is 0 Å². The molecule has 84 valence electrons. The van der Waals surface area contributed by atoms with Crippen LogP contribution in [-0.2, 0) is 6.54 Å². The molecule has 1 atom stereocenters. The second kappa shape index (κ2) is 4.49. The van der Waals surface area contributed by atoms with E-state index < -0.39 is 0 Å². The van der Waals surface area contributed by atoms with Gasteiger partial charge in [-0.15, -0.1) is 11.3 Å². The van der Waals surface area contributed by atoms with E-state index in [4.69, 9.17) is 5.73 Å². The molecule has 0 aliphatic carbocycles. The van der Waals surface area contributed by atoms with Crippen molar-refractivity contribution in [2.24, 2.45) is 5.92 Å². The van der Waals surface area contributed by atoms with Gasteiger partial charge in [0, 0.05) is 23.7 Å². The molecule has 1 fully saturated rings. The van der Waals surface area contributed by atoms with Gasteiger partial charge in [-0.25, -0.2) is 4.98 Å². The van der Waals surface area contributed by atoms with Crippen molar-refractivity contribution in [1.29, 1.82) is 0 Å². The molecular formula is C11H19N3S. The van der Waals surface area contributed by atoms with E-state index in [0.717, 1.165) is 18.5 Å². The minimum atomic E-state index is 0.685. The first-order chi connectivity index (χ1) is 7.16. The van der Waals surface area contributed by atoms with Gasteiger partial charge in [-0.1, -0.05) is 13.8 Å². The summed E-state index contributed by atoms with van der Waals surface area (Å²) in [5.74, 6) is 0.748. The molecular weight excluding hydrogens is 206 g/mol. The quantitative estimate of drug-likeness (QED) is 0.858. The Kier molecular flexibility index (Phi) is 3.26. The highest BCUT2D eigenvalue weighted by atomic mass is 32.1. The number of hydrogen-bond acceptors (Lipinski definition) is 4. The first-order valence-electron chi connectivity index (χ1n) is 5.61. The Balaban J connectivity index is 1.99. The van der Waals surface area contributed by atoms with E-state index in [2.05, 4.69) is 23.7 Å². The maximum atomic E-state index is 5.64. The van der Waals surface area contributed by atoms with Crippen molar-refractivity contribution in [2.75, 3.05) is 12.3 Å². The zero-order valence-electron chi connectivity index (χ0n) is 9.44. The van der Waals surface area contributed by atoms with Gasteiger partial charge >= 0.3 is 0 Å². The fraction of sp³-hybridized carbons (Fsp3) is 0.727. The number of nitrogens with zero attached hydrogens (tertiary/aromatic N) is 2. The summed E-state index contributed by atoms with van der Waals surface area (Å²) in [6.07, 6.45) is 4.58. The van der Waals surface area contributed by atoms with Crippen LogP contribution < -0.4 is 5.73 Å². The predicted octanol–water partition coefficient (Wildman–Crippen LogP) is 2.35. The molecule has 2 heterocycles. The molecule has 0 saturated carbocycles. The van der Waals surface area contributed by atoms with E-state index in [-0.39, 0.29) is 0 Å². The molecule has 1 saturated heterocycles. The molecule has 1 aliphatic rings. The van der Waals surface area contributed by atoms with Gasteiger partial charge < -0.3 is 5.73 Å². The minimum absolute atomic E-state index is 0.685. The Hall–Kier alpha value is -0.610. The zero-order valence-corrected chi connectivity index (χ0v) is 10.3. The number of anilines is 1. The first-order valence-corrected chi connectivity index (χ1v) is 6.42. The van der Waals surface area contributed by atoms with Crippen molar-refractivity contribution in [1.82, 2.24) is 9.88 Å². The topological polar surface area (TPSA) is 42.2 Å². The molecule has 4 heteroatoms. The van der Waals surface area contributed by atoms with E-state index in [1.54, 1.807) is 11.3 Å². The van der Waals surface area contributed by atoms with Gasteiger partial charge in [0.25, 0.3) is 0 Å². The van der Waals surface area contributed by atoms with Crippen LogP contribution in [0.25, 0.3) is 0 Å². The second-order valence-corrected chi connectivity index (χ2v) is 5.74. The van der Waals surface area contributed by atoms with Crippen LogP contribution in [-0.4, -0.2) is 22.5 Å². The Labute approximate surface area is 95.3 Å². The molecule has 0 spiro atoms. The van der Waals surface area contributed by atoms with E-state index in [1.165, 1.54) is 24.3 Å². The van der Waals surface area contributed by atoms with Gasteiger partial charge in [0.15, 0.2) is 5.13 Å². The number of hydrogen-bond donors (Lipinski definition) is 1. The van der Waals surface area contributed by atoms with Crippen molar-refractivity contribution < 1.29 is 0 Å². The number of rotatable bonds is 3. The molecule has 1 unspecified atom stereocenters. The van der Waals surface area contributed by atoms with E-state index >= 15 is 0 Å². The molecule has 1 aromatic heterocycles. The van der Waals surface area contributed by atoms with Crippen molar-refractivity contribution in [3.05, 3.63) is 11.1 Å². The molecule has 1 aromatic rings. The summed E-state index contributed by atoms with van der Waals surface area (Å²) < 4.78 is 0. The van der Waals surface area contributed by atoms with Gasteiger partial charge in [0.1, 0.15) is 0 Å². The standard InChI is InChI=1S/C11H19N3S/c1-8(2)10-4-3-5-14(10)7-9-6-13-11(12)15-9/h6,8,10H,3-5,7H2,1-2H3,(H2,12,13). The van der Waals surface area contributed by atoms with Gasteiger partial charge in [-0.2, -0.15) is 0 Å². The molecule has 1 aliphatic heterocycles. The summed E-state index contributed by atoms with van der Waals surface area (Å²) in [4.78, 5) is 7.96. The number of nitrogen functional groups attached to an aromatic ring is 1. The lowest BCUT2D eigenvalue weighted by molar-refractivity contribution is 0.200. The fourth-order valence-electron chi connectivity index (χ4n) is 2.40. The largest absolute Gasteiger partial charge is 0.375 e. The summed E-state index contributed by atoms with van der Waals surface area (Å²) in [7, 11) is 0.